The normalized spacial score (nSPS) is 17.6. The van der Waals surface area contributed by atoms with Crippen molar-refractivity contribution in [3.8, 4) is 17.3 Å². The Hall–Kier alpha value is -3.56. The molecule has 2 fully saturated rings. The number of benzene rings is 1. The fourth-order valence-electron chi connectivity index (χ4n) is 5.16. The summed E-state index contributed by atoms with van der Waals surface area (Å²) in [7, 11) is 0. The van der Waals surface area contributed by atoms with Crippen molar-refractivity contribution in [2.45, 2.75) is 63.1 Å². The lowest BCUT2D eigenvalue weighted by molar-refractivity contribution is -0.141. The number of piperidine rings is 1. The van der Waals surface area contributed by atoms with Crippen molar-refractivity contribution in [3.05, 3.63) is 59.5 Å². The van der Waals surface area contributed by atoms with Crippen molar-refractivity contribution in [2.24, 2.45) is 5.73 Å². The number of hydrogen-bond acceptors (Lipinski definition) is 6. The van der Waals surface area contributed by atoms with Crippen molar-refractivity contribution in [1.82, 2.24) is 9.97 Å². The molecule has 3 heterocycles. The van der Waals surface area contributed by atoms with Crippen LogP contribution < -0.4 is 15.4 Å². The van der Waals surface area contributed by atoms with E-state index in [0.29, 0.717) is 11.7 Å². The maximum atomic E-state index is 13.5. The van der Waals surface area contributed by atoms with Crippen molar-refractivity contribution >= 4 is 11.7 Å². The maximum Gasteiger partial charge on any atom is 0.437 e. The third-order valence-corrected chi connectivity index (χ3v) is 7.12. The number of nitrogens with zero attached hydrogens (tertiary/aromatic N) is 3. The van der Waals surface area contributed by atoms with Crippen molar-refractivity contribution in [1.29, 1.82) is 0 Å². The second kappa shape index (κ2) is 10.4. The van der Waals surface area contributed by atoms with Crippen LogP contribution in [-0.2, 0) is 6.18 Å². The number of oxazole rings is 1. The Labute approximate surface area is 212 Å². The summed E-state index contributed by atoms with van der Waals surface area (Å²) in [6.07, 6.45) is 1.73. The summed E-state index contributed by atoms with van der Waals surface area (Å²) in [5.41, 5.74) is 5.17. The molecule has 0 radical (unpaired) electrons. The van der Waals surface area contributed by atoms with E-state index in [9.17, 15) is 18.0 Å². The van der Waals surface area contributed by atoms with Gasteiger partial charge in [-0.05, 0) is 62.1 Å². The van der Waals surface area contributed by atoms with Gasteiger partial charge in [0.2, 0.25) is 17.5 Å². The number of aromatic nitrogens is 2. The smallest absolute Gasteiger partial charge is 0.437 e. The summed E-state index contributed by atoms with van der Waals surface area (Å²) >= 11 is 0. The molecule has 37 heavy (non-hydrogen) atoms. The highest BCUT2D eigenvalue weighted by Crippen LogP contribution is 2.39. The first-order valence-corrected chi connectivity index (χ1v) is 12.7. The van der Waals surface area contributed by atoms with Gasteiger partial charge in [-0.2, -0.15) is 18.2 Å². The van der Waals surface area contributed by atoms with Gasteiger partial charge in [-0.25, -0.2) is 4.98 Å². The summed E-state index contributed by atoms with van der Waals surface area (Å²) in [4.78, 5) is 22.1. The number of anilines is 1. The first-order chi connectivity index (χ1) is 17.8. The van der Waals surface area contributed by atoms with E-state index in [-0.39, 0.29) is 17.5 Å². The zero-order valence-electron chi connectivity index (χ0n) is 20.3. The van der Waals surface area contributed by atoms with Gasteiger partial charge in [0.05, 0.1) is 5.56 Å². The molecular formula is C27H29F3N4O3. The van der Waals surface area contributed by atoms with E-state index >= 15 is 0 Å². The highest BCUT2D eigenvalue weighted by molar-refractivity contribution is 5.91. The molecule has 0 atom stereocenters. The third kappa shape index (κ3) is 5.57. The Bertz CT molecular complexity index is 1230. The van der Waals surface area contributed by atoms with Gasteiger partial charge in [-0.15, -0.1) is 0 Å². The minimum atomic E-state index is -4.90. The maximum absolute atomic E-state index is 13.5. The third-order valence-electron chi connectivity index (χ3n) is 7.12. The number of amides is 1. The average molecular weight is 515 g/mol. The molecule has 1 aliphatic heterocycles. The SMILES string of the molecule is NC(=O)c1oc(-c2ccc(N3CCC(c4ccccc4)CC3)nc2OC2CCCCC2)nc1C(F)(F)F. The number of carbonyl (C=O) groups is 1. The van der Waals surface area contributed by atoms with Gasteiger partial charge in [0.15, 0.2) is 5.69 Å². The second-order valence-corrected chi connectivity index (χ2v) is 9.63. The van der Waals surface area contributed by atoms with Crippen LogP contribution in [0.5, 0.6) is 5.88 Å². The first kappa shape index (κ1) is 25.1. The fourth-order valence-corrected chi connectivity index (χ4v) is 5.16. The molecule has 0 unspecified atom stereocenters. The number of hydrogen-bond donors (Lipinski definition) is 1. The lowest BCUT2D eigenvalue weighted by Gasteiger charge is -2.33. The molecule has 1 saturated carbocycles. The molecule has 1 saturated heterocycles. The predicted molar refractivity (Wildman–Crippen MR) is 131 cm³/mol. The van der Waals surface area contributed by atoms with Crippen LogP contribution in [0.1, 0.15) is 72.7 Å². The number of alkyl halides is 3. The quantitative estimate of drug-likeness (QED) is 0.437. The zero-order chi connectivity index (χ0) is 26.0. The Morgan fingerprint density at radius 1 is 0.973 bits per heavy atom. The van der Waals surface area contributed by atoms with E-state index in [0.717, 1.165) is 58.0 Å². The molecule has 1 aromatic carbocycles. The van der Waals surface area contributed by atoms with Crippen LogP contribution in [0.15, 0.2) is 46.9 Å². The number of halogens is 3. The molecule has 0 bridgehead atoms. The van der Waals surface area contributed by atoms with Gasteiger partial charge < -0.3 is 19.8 Å². The topological polar surface area (TPSA) is 94.5 Å². The van der Waals surface area contributed by atoms with Crippen molar-refractivity contribution in [2.75, 3.05) is 18.0 Å². The number of primary amides is 1. The van der Waals surface area contributed by atoms with E-state index < -0.39 is 29.4 Å². The van der Waals surface area contributed by atoms with E-state index in [1.54, 1.807) is 12.1 Å². The van der Waals surface area contributed by atoms with Crippen molar-refractivity contribution < 1.29 is 27.1 Å². The lowest BCUT2D eigenvalue weighted by Crippen LogP contribution is -2.33. The van der Waals surface area contributed by atoms with Crippen LogP contribution in [0, 0.1) is 0 Å². The standard InChI is InChI=1S/C27H29F3N4O3/c28-27(29,30)23-22(24(31)35)37-26(33-23)20-11-12-21(32-25(20)36-19-9-5-2-6-10-19)34-15-13-18(14-16-34)17-7-3-1-4-8-17/h1,3-4,7-8,11-12,18-19H,2,5-6,9-10,13-16H2,(H2,31,35). The highest BCUT2D eigenvalue weighted by Gasteiger charge is 2.41. The van der Waals surface area contributed by atoms with Crippen LogP contribution in [-0.4, -0.2) is 35.1 Å². The highest BCUT2D eigenvalue weighted by atomic mass is 19.4. The monoisotopic (exact) mass is 514 g/mol. The van der Waals surface area contributed by atoms with Crippen LogP contribution in [0.2, 0.25) is 0 Å². The van der Waals surface area contributed by atoms with Crippen LogP contribution in [0.4, 0.5) is 19.0 Å². The van der Waals surface area contributed by atoms with E-state index in [1.165, 1.54) is 5.56 Å². The summed E-state index contributed by atoms with van der Waals surface area (Å²) in [6, 6.07) is 13.7. The number of rotatable bonds is 6. The molecule has 0 spiro atoms. The Kier molecular flexibility index (Phi) is 7.08. The van der Waals surface area contributed by atoms with E-state index in [4.69, 9.17) is 19.9 Å². The molecule has 2 aromatic heterocycles. The van der Waals surface area contributed by atoms with Gasteiger partial charge >= 0.3 is 6.18 Å². The molecule has 2 N–H and O–H groups in total. The minimum Gasteiger partial charge on any atom is -0.474 e. The summed E-state index contributed by atoms with van der Waals surface area (Å²) in [5.74, 6) is -1.46. The van der Waals surface area contributed by atoms with Crippen molar-refractivity contribution in [3.63, 3.8) is 0 Å². The predicted octanol–water partition coefficient (Wildman–Crippen LogP) is 5.95. The molecule has 10 heteroatoms. The average Bonchev–Trinajstić information content (AvgIpc) is 3.37. The Balaban J connectivity index is 1.44. The zero-order valence-corrected chi connectivity index (χ0v) is 20.3. The summed E-state index contributed by atoms with van der Waals surface area (Å²) in [6.45, 7) is 1.58. The molecule has 2 aliphatic rings. The fraction of sp³-hybridized carbons (Fsp3) is 0.444. The Morgan fingerprint density at radius 3 is 2.30 bits per heavy atom. The number of ether oxygens (including phenoxy) is 1. The molecule has 3 aromatic rings. The molecule has 1 aliphatic carbocycles. The first-order valence-electron chi connectivity index (χ1n) is 12.7. The second-order valence-electron chi connectivity index (χ2n) is 9.63. The number of nitrogens with two attached hydrogens (primary N) is 1. The molecule has 7 nitrogen and oxygen atoms in total. The van der Waals surface area contributed by atoms with Gasteiger partial charge in [0, 0.05) is 13.1 Å². The molecule has 5 rings (SSSR count). The lowest BCUT2D eigenvalue weighted by atomic mass is 9.89. The van der Waals surface area contributed by atoms with Gasteiger partial charge in [-0.3, -0.25) is 4.79 Å². The van der Waals surface area contributed by atoms with Gasteiger partial charge in [0.25, 0.3) is 5.91 Å². The van der Waals surface area contributed by atoms with Crippen LogP contribution in [0.3, 0.4) is 0 Å². The van der Waals surface area contributed by atoms with E-state index in [2.05, 4.69) is 22.0 Å². The summed E-state index contributed by atoms with van der Waals surface area (Å²) < 4.78 is 51.9. The summed E-state index contributed by atoms with van der Waals surface area (Å²) in [5, 5.41) is 0. The molecule has 196 valence electrons. The van der Waals surface area contributed by atoms with Crippen LogP contribution in [0.25, 0.3) is 11.5 Å². The molecular weight excluding hydrogens is 485 g/mol. The Morgan fingerprint density at radius 2 is 1.68 bits per heavy atom. The van der Waals surface area contributed by atoms with Gasteiger partial charge in [0.1, 0.15) is 11.9 Å². The minimum absolute atomic E-state index is 0.105. The van der Waals surface area contributed by atoms with Gasteiger partial charge in [-0.1, -0.05) is 36.8 Å². The van der Waals surface area contributed by atoms with Crippen LogP contribution >= 0.6 is 0 Å². The van der Waals surface area contributed by atoms with E-state index in [1.807, 2.05) is 18.2 Å². The largest absolute Gasteiger partial charge is 0.474 e. The number of pyridine rings is 1. The number of carbonyl (C=O) groups excluding carboxylic acids is 1. The molecule has 1 amide bonds.